The number of likely N-dealkylation sites (N-methyl/N-ethyl adjacent to an activating group) is 1. The summed E-state index contributed by atoms with van der Waals surface area (Å²) in [6, 6.07) is 0. The second-order valence-electron chi connectivity index (χ2n) is 4.33. The van der Waals surface area contributed by atoms with Crippen LogP contribution >= 0.6 is 0 Å². The lowest BCUT2D eigenvalue weighted by Gasteiger charge is -2.11. The molecule has 92 valence electrons. The Bertz CT molecular complexity index is 447. The highest BCUT2D eigenvalue weighted by Crippen LogP contribution is 2.18. The molecule has 1 aliphatic heterocycles. The van der Waals surface area contributed by atoms with Gasteiger partial charge < -0.3 is 15.7 Å². The Labute approximate surface area is 99.5 Å². The zero-order valence-electron chi connectivity index (χ0n) is 9.81. The molecule has 1 aliphatic rings. The number of nitrogens with zero attached hydrogens (tertiary/aromatic N) is 3. The maximum Gasteiger partial charge on any atom is 0.309 e. The first kappa shape index (κ1) is 11.8. The molecule has 0 aliphatic carbocycles. The van der Waals surface area contributed by atoms with Gasteiger partial charge in [0.1, 0.15) is 0 Å². The maximum absolute atomic E-state index is 10.8. The molecule has 1 aromatic rings. The second kappa shape index (κ2) is 4.67. The predicted octanol–water partition coefficient (Wildman–Crippen LogP) is -0.284. The number of fused-ring (bicyclic) bond motifs is 1. The molecule has 0 unspecified atom stereocenters. The van der Waals surface area contributed by atoms with Crippen LogP contribution in [0, 0.1) is 0 Å². The molecule has 6 nitrogen and oxygen atoms in total. The van der Waals surface area contributed by atoms with Gasteiger partial charge in [0.05, 0.1) is 17.8 Å². The number of carbonyl (C=O) groups is 1. The Kier molecular flexibility index (Phi) is 3.23. The van der Waals surface area contributed by atoms with Crippen molar-refractivity contribution < 1.29 is 9.90 Å². The van der Waals surface area contributed by atoms with E-state index in [-0.39, 0.29) is 12.4 Å². The van der Waals surface area contributed by atoms with Crippen molar-refractivity contribution in [3.05, 3.63) is 17.0 Å². The highest BCUT2D eigenvalue weighted by molar-refractivity contribution is 5.70. The van der Waals surface area contributed by atoms with E-state index < -0.39 is 5.97 Å². The van der Waals surface area contributed by atoms with Gasteiger partial charge in [-0.1, -0.05) is 0 Å². The number of nitrogens with two attached hydrogens (primary N) is 1. The van der Waals surface area contributed by atoms with Crippen LogP contribution in [-0.2, 0) is 24.1 Å². The van der Waals surface area contributed by atoms with Crippen molar-refractivity contribution in [1.82, 2.24) is 14.9 Å². The van der Waals surface area contributed by atoms with Gasteiger partial charge in [-0.05, 0) is 19.0 Å². The monoisotopic (exact) mass is 236 g/mol. The first-order chi connectivity index (χ1) is 8.06. The molecule has 0 amide bonds. The number of aliphatic carboxylic acids is 1. The predicted molar refractivity (Wildman–Crippen MR) is 62.7 cm³/mol. The van der Waals surface area contributed by atoms with Gasteiger partial charge in [-0.3, -0.25) is 4.79 Å². The van der Waals surface area contributed by atoms with Crippen molar-refractivity contribution in [1.29, 1.82) is 0 Å². The van der Waals surface area contributed by atoms with E-state index in [2.05, 4.69) is 14.9 Å². The summed E-state index contributed by atoms with van der Waals surface area (Å²) in [4.78, 5) is 21.3. The summed E-state index contributed by atoms with van der Waals surface area (Å²) in [6.07, 6.45) is 1.50. The van der Waals surface area contributed by atoms with Crippen LogP contribution in [0.15, 0.2) is 0 Å². The quantitative estimate of drug-likeness (QED) is 0.733. The van der Waals surface area contributed by atoms with Crippen molar-refractivity contribution in [3.8, 4) is 0 Å². The molecule has 0 spiro atoms. The number of carboxylic acid groups (broad SMARTS) is 1. The molecular formula is C11H16N4O2. The molecule has 6 heteroatoms. The summed E-state index contributed by atoms with van der Waals surface area (Å²) in [5, 5.41) is 8.87. The first-order valence-corrected chi connectivity index (χ1v) is 5.60. The lowest BCUT2D eigenvalue weighted by atomic mass is 10.0. The number of aromatic nitrogens is 2. The van der Waals surface area contributed by atoms with Gasteiger partial charge in [0.15, 0.2) is 0 Å². The summed E-state index contributed by atoms with van der Waals surface area (Å²) < 4.78 is 0. The van der Waals surface area contributed by atoms with E-state index in [0.29, 0.717) is 5.69 Å². The van der Waals surface area contributed by atoms with E-state index in [1.54, 1.807) is 0 Å². The van der Waals surface area contributed by atoms with E-state index in [1.807, 2.05) is 7.05 Å². The number of hydrogen-bond acceptors (Lipinski definition) is 5. The Hall–Kier alpha value is -1.69. The largest absolute Gasteiger partial charge is 0.481 e. The molecule has 0 aromatic carbocycles. The Morgan fingerprint density at radius 3 is 2.82 bits per heavy atom. The number of rotatable bonds is 2. The Morgan fingerprint density at radius 2 is 2.12 bits per heavy atom. The molecule has 17 heavy (non-hydrogen) atoms. The maximum atomic E-state index is 10.8. The van der Waals surface area contributed by atoms with Gasteiger partial charge in [-0.25, -0.2) is 9.97 Å². The summed E-state index contributed by atoms with van der Waals surface area (Å²) in [5.41, 5.74) is 8.05. The fourth-order valence-electron chi connectivity index (χ4n) is 2.10. The van der Waals surface area contributed by atoms with Gasteiger partial charge >= 0.3 is 5.97 Å². The van der Waals surface area contributed by atoms with Crippen LogP contribution < -0.4 is 5.73 Å². The van der Waals surface area contributed by atoms with Crippen molar-refractivity contribution >= 4 is 11.9 Å². The minimum absolute atomic E-state index is 0.0846. The molecule has 0 saturated heterocycles. The highest BCUT2D eigenvalue weighted by Gasteiger charge is 2.19. The molecule has 0 bridgehead atoms. The zero-order valence-corrected chi connectivity index (χ0v) is 9.81. The minimum Gasteiger partial charge on any atom is -0.481 e. The third-order valence-electron chi connectivity index (χ3n) is 2.99. The van der Waals surface area contributed by atoms with Crippen LogP contribution in [0.2, 0.25) is 0 Å². The van der Waals surface area contributed by atoms with Gasteiger partial charge in [-0.15, -0.1) is 0 Å². The van der Waals surface area contributed by atoms with E-state index in [1.165, 1.54) is 0 Å². The van der Waals surface area contributed by atoms with E-state index in [0.717, 1.165) is 37.2 Å². The third kappa shape index (κ3) is 2.71. The Balaban J connectivity index is 2.39. The minimum atomic E-state index is -0.886. The topological polar surface area (TPSA) is 92.3 Å². The smallest absolute Gasteiger partial charge is 0.309 e. The van der Waals surface area contributed by atoms with Crippen molar-refractivity contribution in [2.75, 3.05) is 25.9 Å². The van der Waals surface area contributed by atoms with Crippen molar-refractivity contribution in [3.63, 3.8) is 0 Å². The van der Waals surface area contributed by atoms with Crippen LogP contribution in [0.4, 0.5) is 5.95 Å². The van der Waals surface area contributed by atoms with Crippen LogP contribution in [0.1, 0.15) is 17.0 Å². The van der Waals surface area contributed by atoms with Gasteiger partial charge in [0.25, 0.3) is 0 Å². The number of anilines is 1. The van der Waals surface area contributed by atoms with Crippen molar-refractivity contribution in [2.45, 2.75) is 19.3 Å². The summed E-state index contributed by atoms with van der Waals surface area (Å²) in [7, 11) is 2.04. The molecule has 0 atom stereocenters. The molecule has 0 saturated carbocycles. The number of carboxylic acids is 1. The second-order valence-corrected chi connectivity index (χ2v) is 4.33. The summed E-state index contributed by atoms with van der Waals surface area (Å²) in [5.74, 6) is -0.715. The normalized spacial score (nSPS) is 16.3. The zero-order chi connectivity index (χ0) is 12.4. The van der Waals surface area contributed by atoms with Crippen LogP contribution in [0.3, 0.4) is 0 Å². The molecule has 2 heterocycles. The van der Waals surface area contributed by atoms with Crippen LogP contribution in [-0.4, -0.2) is 46.1 Å². The fraction of sp³-hybridized carbons (Fsp3) is 0.545. The van der Waals surface area contributed by atoms with E-state index in [9.17, 15) is 4.79 Å². The number of hydrogen-bond donors (Lipinski definition) is 2. The van der Waals surface area contributed by atoms with Crippen molar-refractivity contribution in [2.24, 2.45) is 0 Å². The number of nitrogen functional groups attached to an aromatic ring is 1. The molecule has 3 N–H and O–H groups in total. The molecular weight excluding hydrogens is 220 g/mol. The average molecular weight is 236 g/mol. The summed E-state index contributed by atoms with van der Waals surface area (Å²) >= 11 is 0. The fourth-order valence-corrected chi connectivity index (χ4v) is 2.10. The lowest BCUT2D eigenvalue weighted by molar-refractivity contribution is -0.136. The van der Waals surface area contributed by atoms with Gasteiger partial charge in [-0.2, -0.15) is 0 Å². The Morgan fingerprint density at radius 1 is 1.41 bits per heavy atom. The van der Waals surface area contributed by atoms with Gasteiger partial charge in [0.2, 0.25) is 5.95 Å². The molecule has 1 aromatic heterocycles. The molecule has 2 rings (SSSR count). The van der Waals surface area contributed by atoms with Gasteiger partial charge in [0, 0.05) is 19.5 Å². The average Bonchev–Trinajstić information content (AvgIpc) is 2.40. The van der Waals surface area contributed by atoms with Crippen LogP contribution in [0.5, 0.6) is 0 Å². The summed E-state index contributed by atoms with van der Waals surface area (Å²) in [6.45, 7) is 1.81. The van der Waals surface area contributed by atoms with Crippen LogP contribution in [0.25, 0.3) is 0 Å². The van der Waals surface area contributed by atoms with E-state index in [4.69, 9.17) is 10.8 Å². The van der Waals surface area contributed by atoms with E-state index >= 15 is 0 Å². The third-order valence-corrected chi connectivity index (χ3v) is 2.99. The first-order valence-electron chi connectivity index (χ1n) is 5.60. The lowest BCUT2D eigenvalue weighted by Crippen LogP contribution is -2.20. The molecule has 0 fully saturated rings. The molecule has 0 radical (unpaired) electrons. The standard InChI is InChI=1S/C11H16N4O2/c1-15-4-2-7-8(3-5-15)13-11(12)14-9(7)6-10(16)17/h2-6H2,1H3,(H,16,17)(H2,12,13,14). The highest BCUT2D eigenvalue weighted by atomic mass is 16.4. The SMILES string of the molecule is CN1CCc2nc(N)nc(CC(=O)O)c2CC1.